The Bertz CT molecular complexity index is 549. The Hall–Kier alpha value is -2.42. The molecule has 0 spiro atoms. The molecule has 0 saturated heterocycles. The monoisotopic (exact) mass is 253 g/mol. The molecule has 0 aliphatic rings. The topological polar surface area (TPSA) is 38.7 Å². The van der Waals surface area contributed by atoms with Gasteiger partial charge in [-0.1, -0.05) is 60.7 Å². The molecule has 2 aromatic rings. The van der Waals surface area contributed by atoms with Crippen molar-refractivity contribution >= 4 is 12.2 Å². The standard InChI is InChI=1S/C16H15NO2/c1-19-16(18)15(14-10-6-3-7-11-14)17-12-13-8-4-2-5-9-13/h2-12,15H,1H3. The average Bonchev–Trinajstić information content (AvgIpc) is 2.49. The molecule has 0 aromatic heterocycles. The van der Waals surface area contributed by atoms with Gasteiger partial charge in [0.05, 0.1) is 7.11 Å². The Labute approximate surface area is 112 Å². The van der Waals surface area contributed by atoms with Crippen LogP contribution < -0.4 is 0 Å². The fourth-order valence-corrected chi connectivity index (χ4v) is 1.73. The van der Waals surface area contributed by atoms with Crippen LogP contribution in [0.15, 0.2) is 65.7 Å². The van der Waals surface area contributed by atoms with Crippen molar-refractivity contribution in [3.8, 4) is 0 Å². The summed E-state index contributed by atoms with van der Waals surface area (Å²) in [5.74, 6) is -0.363. The van der Waals surface area contributed by atoms with E-state index in [-0.39, 0.29) is 5.97 Å². The molecule has 0 N–H and O–H groups in total. The summed E-state index contributed by atoms with van der Waals surface area (Å²) in [6.07, 6.45) is 1.69. The molecule has 3 nitrogen and oxygen atoms in total. The van der Waals surface area contributed by atoms with Crippen LogP contribution >= 0.6 is 0 Å². The predicted octanol–water partition coefficient (Wildman–Crippen LogP) is 3.02. The SMILES string of the molecule is COC(=O)C(N=Cc1ccccc1)c1ccccc1. The van der Waals surface area contributed by atoms with Crippen molar-refractivity contribution in [2.75, 3.05) is 7.11 Å². The van der Waals surface area contributed by atoms with Gasteiger partial charge in [-0.3, -0.25) is 4.99 Å². The van der Waals surface area contributed by atoms with Crippen molar-refractivity contribution in [1.29, 1.82) is 0 Å². The molecule has 2 aromatic carbocycles. The summed E-state index contributed by atoms with van der Waals surface area (Å²) in [4.78, 5) is 16.1. The molecule has 2 rings (SSSR count). The zero-order valence-corrected chi connectivity index (χ0v) is 10.7. The molecular formula is C16H15NO2. The molecule has 0 heterocycles. The van der Waals surface area contributed by atoms with Gasteiger partial charge in [-0.25, -0.2) is 4.79 Å². The van der Waals surface area contributed by atoms with Crippen LogP contribution in [0.2, 0.25) is 0 Å². The number of aliphatic imine (C=N–C) groups is 1. The Balaban J connectivity index is 2.25. The lowest BCUT2D eigenvalue weighted by molar-refractivity contribution is -0.142. The highest BCUT2D eigenvalue weighted by molar-refractivity contribution is 5.84. The summed E-state index contributed by atoms with van der Waals surface area (Å²) in [6.45, 7) is 0. The van der Waals surface area contributed by atoms with Crippen LogP contribution in [-0.2, 0) is 9.53 Å². The zero-order chi connectivity index (χ0) is 13.5. The first-order valence-electron chi connectivity index (χ1n) is 6.02. The van der Waals surface area contributed by atoms with Crippen LogP contribution in [0.4, 0.5) is 0 Å². The summed E-state index contributed by atoms with van der Waals surface area (Å²) in [6, 6.07) is 18.4. The van der Waals surface area contributed by atoms with E-state index in [0.717, 1.165) is 11.1 Å². The third-order valence-corrected chi connectivity index (χ3v) is 2.71. The van der Waals surface area contributed by atoms with Crippen molar-refractivity contribution in [3.63, 3.8) is 0 Å². The number of ether oxygens (including phenoxy) is 1. The first-order chi connectivity index (χ1) is 9.31. The normalized spacial score (nSPS) is 12.3. The van der Waals surface area contributed by atoms with E-state index in [0.29, 0.717) is 0 Å². The Kier molecular flexibility index (Phi) is 4.45. The second kappa shape index (κ2) is 6.50. The van der Waals surface area contributed by atoms with Crippen molar-refractivity contribution < 1.29 is 9.53 Å². The molecule has 0 aliphatic carbocycles. The largest absolute Gasteiger partial charge is 0.467 e. The number of nitrogens with zero attached hydrogens (tertiary/aromatic N) is 1. The third-order valence-electron chi connectivity index (χ3n) is 2.71. The molecule has 3 heteroatoms. The van der Waals surface area contributed by atoms with Gasteiger partial charge >= 0.3 is 5.97 Å². The van der Waals surface area contributed by atoms with Crippen LogP contribution in [0.25, 0.3) is 0 Å². The molecule has 0 saturated carbocycles. The van der Waals surface area contributed by atoms with E-state index < -0.39 is 6.04 Å². The molecule has 0 fully saturated rings. The maximum atomic E-state index is 11.8. The van der Waals surface area contributed by atoms with Crippen LogP contribution in [0, 0.1) is 0 Å². The summed E-state index contributed by atoms with van der Waals surface area (Å²) in [5.41, 5.74) is 1.77. The van der Waals surface area contributed by atoms with Gasteiger partial charge < -0.3 is 4.74 Å². The van der Waals surface area contributed by atoms with E-state index in [1.807, 2.05) is 60.7 Å². The van der Waals surface area contributed by atoms with E-state index in [2.05, 4.69) is 4.99 Å². The van der Waals surface area contributed by atoms with Gasteiger partial charge in [0.25, 0.3) is 0 Å². The molecular weight excluding hydrogens is 238 g/mol. The van der Waals surface area contributed by atoms with Gasteiger partial charge in [-0.15, -0.1) is 0 Å². The molecule has 19 heavy (non-hydrogen) atoms. The maximum Gasteiger partial charge on any atom is 0.335 e. The number of hydrogen-bond acceptors (Lipinski definition) is 3. The highest BCUT2D eigenvalue weighted by Crippen LogP contribution is 2.18. The van der Waals surface area contributed by atoms with Crippen molar-refractivity contribution in [2.24, 2.45) is 4.99 Å². The van der Waals surface area contributed by atoms with Gasteiger partial charge in [0.2, 0.25) is 0 Å². The third kappa shape index (κ3) is 3.52. The molecule has 0 amide bonds. The van der Waals surface area contributed by atoms with Crippen LogP contribution in [0.1, 0.15) is 17.2 Å². The lowest BCUT2D eigenvalue weighted by Gasteiger charge is -2.10. The van der Waals surface area contributed by atoms with E-state index in [1.165, 1.54) is 7.11 Å². The van der Waals surface area contributed by atoms with Crippen LogP contribution in [0.3, 0.4) is 0 Å². The molecule has 0 radical (unpaired) electrons. The van der Waals surface area contributed by atoms with Gasteiger partial charge in [0.15, 0.2) is 6.04 Å². The van der Waals surface area contributed by atoms with E-state index in [4.69, 9.17) is 4.74 Å². The van der Waals surface area contributed by atoms with Gasteiger partial charge in [-0.2, -0.15) is 0 Å². The summed E-state index contributed by atoms with van der Waals surface area (Å²) >= 11 is 0. The van der Waals surface area contributed by atoms with Gasteiger partial charge in [0, 0.05) is 6.21 Å². The molecule has 1 unspecified atom stereocenters. The fourth-order valence-electron chi connectivity index (χ4n) is 1.73. The van der Waals surface area contributed by atoms with E-state index >= 15 is 0 Å². The van der Waals surface area contributed by atoms with Gasteiger partial charge in [-0.05, 0) is 11.1 Å². The van der Waals surface area contributed by atoms with E-state index in [1.54, 1.807) is 6.21 Å². The number of hydrogen-bond donors (Lipinski definition) is 0. The molecule has 0 aliphatic heterocycles. The van der Waals surface area contributed by atoms with Crippen molar-refractivity contribution in [2.45, 2.75) is 6.04 Å². The minimum Gasteiger partial charge on any atom is -0.467 e. The number of benzene rings is 2. The predicted molar refractivity (Wildman–Crippen MR) is 75.2 cm³/mol. The minimum absolute atomic E-state index is 0.363. The molecule has 1 atom stereocenters. The fraction of sp³-hybridized carbons (Fsp3) is 0.125. The lowest BCUT2D eigenvalue weighted by Crippen LogP contribution is -2.12. The summed E-state index contributed by atoms with van der Waals surface area (Å²) in [7, 11) is 1.37. The molecule has 96 valence electrons. The first-order valence-corrected chi connectivity index (χ1v) is 6.02. The van der Waals surface area contributed by atoms with Crippen LogP contribution in [-0.4, -0.2) is 19.3 Å². The Morgan fingerprint density at radius 3 is 2.21 bits per heavy atom. The quantitative estimate of drug-likeness (QED) is 0.620. The number of esters is 1. The lowest BCUT2D eigenvalue weighted by atomic mass is 10.1. The van der Waals surface area contributed by atoms with E-state index in [9.17, 15) is 4.79 Å². The first kappa shape index (κ1) is 13.0. The highest BCUT2D eigenvalue weighted by Gasteiger charge is 2.19. The zero-order valence-electron chi connectivity index (χ0n) is 10.7. The maximum absolute atomic E-state index is 11.8. The highest BCUT2D eigenvalue weighted by atomic mass is 16.5. The van der Waals surface area contributed by atoms with Gasteiger partial charge in [0.1, 0.15) is 0 Å². The second-order valence-corrected chi connectivity index (χ2v) is 4.03. The summed E-state index contributed by atoms with van der Waals surface area (Å²) in [5, 5.41) is 0. The Morgan fingerprint density at radius 2 is 1.63 bits per heavy atom. The minimum atomic E-state index is -0.619. The number of carbonyl (C=O) groups excluding carboxylic acids is 1. The second-order valence-electron chi connectivity index (χ2n) is 4.03. The Morgan fingerprint density at radius 1 is 1.05 bits per heavy atom. The molecule has 0 bridgehead atoms. The average molecular weight is 253 g/mol. The van der Waals surface area contributed by atoms with Crippen molar-refractivity contribution in [1.82, 2.24) is 0 Å². The van der Waals surface area contributed by atoms with Crippen molar-refractivity contribution in [3.05, 3.63) is 71.8 Å². The number of methoxy groups -OCH3 is 1. The number of rotatable bonds is 4. The number of carbonyl (C=O) groups is 1. The smallest absolute Gasteiger partial charge is 0.335 e. The van der Waals surface area contributed by atoms with Crippen LogP contribution in [0.5, 0.6) is 0 Å². The summed E-state index contributed by atoms with van der Waals surface area (Å²) < 4.78 is 4.80.